The molecule has 1 aromatic carbocycles. The summed E-state index contributed by atoms with van der Waals surface area (Å²) < 4.78 is 42.4. The van der Waals surface area contributed by atoms with E-state index >= 15 is 0 Å². The van der Waals surface area contributed by atoms with Crippen LogP contribution < -0.4 is 11.0 Å². The van der Waals surface area contributed by atoms with Crippen molar-refractivity contribution in [1.29, 1.82) is 0 Å². The fourth-order valence-corrected chi connectivity index (χ4v) is 3.09. The van der Waals surface area contributed by atoms with Gasteiger partial charge in [0.2, 0.25) is 0 Å². The third kappa shape index (κ3) is 3.88. The minimum atomic E-state index is -4.64. The van der Waals surface area contributed by atoms with Crippen molar-refractivity contribution in [1.82, 2.24) is 44.7 Å². The van der Waals surface area contributed by atoms with E-state index in [0.717, 1.165) is 17.1 Å². The van der Waals surface area contributed by atoms with Crippen molar-refractivity contribution in [2.24, 2.45) is 7.05 Å². The smallest absolute Gasteiger partial charge is 0.360 e. The molecule has 160 valence electrons. The van der Waals surface area contributed by atoms with Gasteiger partial charge in [0, 0.05) is 17.5 Å². The molecule has 3 heterocycles. The maximum absolute atomic E-state index is 13.4. The van der Waals surface area contributed by atoms with Crippen LogP contribution in [0.25, 0.3) is 16.9 Å². The van der Waals surface area contributed by atoms with Crippen molar-refractivity contribution < 1.29 is 13.2 Å². The molecule has 4 rings (SSSR count). The quantitative estimate of drug-likeness (QED) is 0.493. The molecule has 0 saturated heterocycles. The lowest BCUT2D eigenvalue weighted by Gasteiger charge is -2.17. The average molecular weight is 453 g/mol. The lowest BCUT2D eigenvalue weighted by Crippen LogP contribution is -2.27. The predicted octanol–water partition coefficient (Wildman–Crippen LogP) is 1.94. The van der Waals surface area contributed by atoms with Crippen molar-refractivity contribution >= 4 is 28.3 Å². The summed E-state index contributed by atoms with van der Waals surface area (Å²) in [5, 5.41) is 18.1. The van der Waals surface area contributed by atoms with Gasteiger partial charge in [-0.15, -0.1) is 10.2 Å². The summed E-state index contributed by atoms with van der Waals surface area (Å²) in [5.41, 5.74) is -1.92. The van der Waals surface area contributed by atoms with Crippen molar-refractivity contribution in [2.45, 2.75) is 19.1 Å². The fraction of sp³-hybridized carbons (Fsp3) is 0.250. The predicted molar refractivity (Wildman–Crippen MR) is 102 cm³/mol. The number of hydrogen-bond donors (Lipinski definition) is 1. The van der Waals surface area contributed by atoms with Gasteiger partial charge in [-0.25, -0.2) is 24.4 Å². The van der Waals surface area contributed by atoms with Crippen LogP contribution in [0.5, 0.6) is 0 Å². The van der Waals surface area contributed by atoms with Crippen LogP contribution in [-0.4, -0.2) is 44.7 Å². The van der Waals surface area contributed by atoms with Crippen molar-refractivity contribution in [3.8, 4) is 5.95 Å². The zero-order valence-corrected chi connectivity index (χ0v) is 16.6. The summed E-state index contributed by atoms with van der Waals surface area (Å²) in [6.45, 7) is 1.68. The molecular weight excluding hydrogens is 441 g/mol. The number of benzene rings is 1. The van der Waals surface area contributed by atoms with Gasteiger partial charge in [-0.1, -0.05) is 16.7 Å². The molecule has 1 unspecified atom stereocenters. The molecule has 0 aliphatic rings. The minimum Gasteiger partial charge on any atom is -0.360 e. The largest absolute Gasteiger partial charge is 0.418 e. The Bertz CT molecular complexity index is 1340. The van der Waals surface area contributed by atoms with Gasteiger partial charge in [-0.2, -0.15) is 23.0 Å². The molecule has 3 aromatic heterocycles. The number of fused-ring (bicyclic) bond motifs is 1. The summed E-state index contributed by atoms with van der Waals surface area (Å²) in [5.74, 6) is 0.392. The number of aromatic nitrogens is 9. The van der Waals surface area contributed by atoms with E-state index in [1.165, 1.54) is 24.1 Å². The van der Waals surface area contributed by atoms with Crippen molar-refractivity contribution in [2.75, 3.05) is 5.32 Å². The molecule has 0 radical (unpaired) electrons. The van der Waals surface area contributed by atoms with Crippen LogP contribution in [0.2, 0.25) is 5.02 Å². The second kappa shape index (κ2) is 7.54. The zero-order chi connectivity index (χ0) is 22.3. The molecule has 1 atom stereocenters. The summed E-state index contributed by atoms with van der Waals surface area (Å²) in [6, 6.07) is 1.53. The van der Waals surface area contributed by atoms with Gasteiger partial charge in [-0.3, -0.25) is 0 Å². The van der Waals surface area contributed by atoms with E-state index in [2.05, 4.69) is 40.7 Å². The number of halogens is 4. The van der Waals surface area contributed by atoms with Gasteiger partial charge in [0.05, 0.1) is 17.1 Å². The molecule has 0 amide bonds. The minimum absolute atomic E-state index is 0.0156. The number of alkyl halides is 3. The van der Waals surface area contributed by atoms with Gasteiger partial charge in [-0.05, 0) is 19.1 Å². The van der Waals surface area contributed by atoms with Crippen LogP contribution in [0.1, 0.15) is 24.4 Å². The van der Waals surface area contributed by atoms with E-state index < -0.39 is 23.5 Å². The normalized spacial score (nSPS) is 12.8. The van der Waals surface area contributed by atoms with Gasteiger partial charge < -0.3 is 5.32 Å². The molecule has 0 aliphatic heterocycles. The molecule has 0 saturated carbocycles. The van der Waals surface area contributed by atoms with E-state index in [4.69, 9.17) is 11.6 Å². The zero-order valence-electron chi connectivity index (χ0n) is 15.8. The van der Waals surface area contributed by atoms with Crippen LogP contribution in [0.15, 0.2) is 29.6 Å². The maximum atomic E-state index is 13.4. The average Bonchev–Trinajstić information content (AvgIpc) is 3.19. The molecule has 1 N–H and O–H groups in total. The van der Waals surface area contributed by atoms with Crippen LogP contribution >= 0.6 is 11.6 Å². The van der Waals surface area contributed by atoms with Gasteiger partial charge in [0.25, 0.3) is 5.95 Å². The first-order chi connectivity index (χ1) is 14.6. The Kier molecular flexibility index (Phi) is 5.00. The highest BCUT2D eigenvalue weighted by atomic mass is 35.5. The van der Waals surface area contributed by atoms with Crippen molar-refractivity contribution in [3.05, 3.63) is 51.7 Å². The number of nitrogens with zero attached hydrogens (tertiary/aromatic N) is 9. The van der Waals surface area contributed by atoms with Gasteiger partial charge in [0.1, 0.15) is 18.5 Å². The number of hydrogen-bond acceptors (Lipinski definition) is 9. The summed E-state index contributed by atoms with van der Waals surface area (Å²) >= 11 is 5.91. The lowest BCUT2D eigenvalue weighted by molar-refractivity contribution is -0.136. The van der Waals surface area contributed by atoms with Crippen molar-refractivity contribution in [3.63, 3.8) is 0 Å². The molecule has 0 spiro atoms. The van der Waals surface area contributed by atoms with E-state index in [1.807, 2.05) is 0 Å². The lowest BCUT2D eigenvalue weighted by atomic mass is 10.1. The van der Waals surface area contributed by atoms with Gasteiger partial charge in [0.15, 0.2) is 5.82 Å². The molecule has 15 heteroatoms. The summed E-state index contributed by atoms with van der Waals surface area (Å²) in [4.78, 5) is 23.4. The van der Waals surface area contributed by atoms with E-state index in [0.29, 0.717) is 5.82 Å². The molecule has 0 bridgehead atoms. The van der Waals surface area contributed by atoms with Crippen LogP contribution in [-0.2, 0) is 13.2 Å². The number of rotatable bonds is 4. The summed E-state index contributed by atoms with van der Waals surface area (Å²) in [6.07, 6.45) is -2.39. The standard InChI is InChI=1S/C16H12ClF3N10O/c1-7(13-23-6-24-30(13)14-26-27-15(31)29(2)28-14)25-12-9-3-8(17)4-10(16(18,19)20)11(9)21-5-22-12/h3-7H,1-2H3,(H,21,22,25). The molecular formula is C16H12ClF3N10O. The highest BCUT2D eigenvalue weighted by Gasteiger charge is 2.34. The highest BCUT2D eigenvalue weighted by Crippen LogP contribution is 2.37. The highest BCUT2D eigenvalue weighted by molar-refractivity contribution is 6.31. The molecule has 31 heavy (non-hydrogen) atoms. The third-order valence-electron chi connectivity index (χ3n) is 4.25. The van der Waals surface area contributed by atoms with E-state index in [1.54, 1.807) is 6.92 Å². The summed E-state index contributed by atoms with van der Waals surface area (Å²) in [7, 11) is 1.40. The Labute approximate surface area is 175 Å². The van der Waals surface area contributed by atoms with Crippen LogP contribution in [0.4, 0.5) is 19.0 Å². The van der Waals surface area contributed by atoms with Crippen LogP contribution in [0.3, 0.4) is 0 Å². The SMILES string of the molecule is CC(Nc1ncnc2c(C(F)(F)F)cc(Cl)cc12)c1ncnn1-c1nnc(=O)n(C)n1. The first kappa shape index (κ1) is 20.6. The topological polar surface area (TPSA) is 129 Å². The Hall–Kier alpha value is -3.68. The Balaban J connectivity index is 1.75. The Morgan fingerprint density at radius 2 is 1.90 bits per heavy atom. The number of nitrogens with one attached hydrogen (secondary N) is 1. The molecule has 4 aromatic rings. The van der Waals surface area contributed by atoms with E-state index in [-0.39, 0.29) is 27.7 Å². The van der Waals surface area contributed by atoms with Crippen LogP contribution in [0, 0.1) is 0 Å². The molecule has 11 nitrogen and oxygen atoms in total. The fourth-order valence-electron chi connectivity index (χ4n) is 2.87. The Morgan fingerprint density at radius 1 is 1.13 bits per heavy atom. The number of anilines is 1. The van der Waals surface area contributed by atoms with E-state index in [9.17, 15) is 18.0 Å². The molecule has 0 aliphatic carbocycles. The first-order valence-corrected chi connectivity index (χ1v) is 8.99. The molecule has 0 fully saturated rings. The Morgan fingerprint density at radius 3 is 2.61 bits per heavy atom. The van der Waals surface area contributed by atoms with Gasteiger partial charge >= 0.3 is 11.9 Å². The number of aryl methyl sites for hydroxylation is 1. The second-order valence-electron chi connectivity index (χ2n) is 6.37. The monoisotopic (exact) mass is 452 g/mol. The maximum Gasteiger partial charge on any atom is 0.418 e. The first-order valence-electron chi connectivity index (χ1n) is 8.61. The second-order valence-corrected chi connectivity index (χ2v) is 6.81. The third-order valence-corrected chi connectivity index (χ3v) is 4.47.